The van der Waals surface area contributed by atoms with E-state index in [0.717, 1.165) is 11.4 Å². The number of aliphatic hydroxyl groups excluding tert-OH is 1. The Bertz CT molecular complexity index is 321. The van der Waals surface area contributed by atoms with E-state index in [1.54, 1.807) is 31.3 Å². The van der Waals surface area contributed by atoms with Gasteiger partial charge >= 0.3 is 0 Å². The van der Waals surface area contributed by atoms with Crippen LogP contribution in [0.3, 0.4) is 0 Å². The highest BCUT2D eigenvalue weighted by atomic mass is 16.5. The van der Waals surface area contributed by atoms with Crippen LogP contribution in [0.15, 0.2) is 24.3 Å². The summed E-state index contributed by atoms with van der Waals surface area (Å²) in [6.45, 7) is 2.05. The summed E-state index contributed by atoms with van der Waals surface area (Å²) >= 11 is 0. The van der Waals surface area contributed by atoms with E-state index < -0.39 is 6.61 Å². The molecule has 0 saturated heterocycles. The zero-order chi connectivity index (χ0) is 11.3. The molecule has 4 heteroatoms. The predicted octanol–water partition coefficient (Wildman–Crippen LogP) is 1.04. The van der Waals surface area contributed by atoms with Crippen LogP contribution in [0.1, 0.15) is 6.92 Å². The number of carbonyl (C=O) groups is 1. The number of likely N-dealkylation sites (N-methyl/N-ethyl adjacent to an activating group) is 1. The Balaban J connectivity index is 2.75. The smallest absolute Gasteiger partial charge is 0.252 e. The van der Waals surface area contributed by atoms with Gasteiger partial charge in [-0.15, -0.1) is 0 Å². The van der Waals surface area contributed by atoms with Crippen molar-refractivity contribution in [1.82, 2.24) is 0 Å². The molecular weight excluding hydrogens is 194 g/mol. The quantitative estimate of drug-likeness (QED) is 0.806. The summed E-state index contributed by atoms with van der Waals surface area (Å²) in [5.41, 5.74) is 0.734. The second kappa shape index (κ2) is 5.36. The number of rotatable bonds is 4. The van der Waals surface area contributed by atoms with Gasteiger partial charge in [-0.05, 0) is 31.2 Å². The van der Waals surface area contributed by atoms with E-state index in [2.05, 4.69) is 0 Å². The van der Waals surface area contributed by atoms with Crippen molar-refractivity contribution in [2.24, 2.45) is 0 Å². The van der Waals surface area contributed by atoms with Gasteiger partial charge in [-0.25, -0.2) is 0 Å². The molecule has 1 N–H and O–H groups in total. The molecule has 1 aromatic rings. The molecule has 0 aliphatic carbocycles. The Kier molecular flexibility index (Phi) is 4.12. The van der Waals surface area contributed by atoms with E-state index in [-0.39, 0.29) is 5.91 Å². The van der Waals surface area contributed by atoms with Crippen LogP contribution in [0.25, 0.3) is 0 Å². The average Bonchev–Trinajstić information content (AvgIpc) is 2.28. The number of amides is 1. The Morgan fingerprint density at radius 1 is 1.40 bits per heavy atom. The van der Waals surface area contributed by atoms with Gasteiger partial charge in [-0.2, -0.15) is 0 Å². The zero-order valence-electron chi connectivity index (χ0n) is 8.93. The van der Waals surface area contributed by atoms with Crippen LogP contribution >= 0.6 is 0 Å². The van der Waals surface area contributed by atoms with Crippen LogP contribution in [-0.4, -0.2) is 31.3 Å². The molecule has 0 spiro atoms. The Labute approximate surface area is 89.1 Å². The minimum absolute atomic E-state index is 0.334. The molecule has 0 unspecified atom stereocenters. The average molecular weight is 209 g/mol. The Morgan fingerprint density at radius 3 is 2.47 bits per heavy atom. The van der Waals surface area contributed by atoms with Crippen molar-refractivity contribution >= 4 is 11.6 Å². The molecule has 0 aliphatic heterocycles. The normalized spacial score (nSPS) is 9.80. The summed E-state index contributed by atoms with van der Waals surface area (Å²) in [6, 6.07) is 7.14. The van der Waals surface area contributed by atoms with Crippen molar-refractivity contribution in [2.45, 2.75) is 6.92 Å². The third kappa shape index (κ3) is 2.95. The molecule has 0 aliphatic rings. The van der Waals surface area contributed by atoms with Crippen LogP contribution in [0.4, 0.5) is 5.69 Å². The van der Waals surface area contributed by atoms with E-state index in [0.29, 0.717) is 6.61 Å². The number of nitrogens with zero attached hydrogens (tertiary/aromatic N) is 1. The fraction of sp³-hybridized carbons (Fsp3) is 0.364. The molecule has 0 bridgehead atoms. The highest BCUT2D eigenvalue weighted by Crippen LogP contribution is 2.18. The summed E-state index contributed by atoms with van der Waals surface area (Å²) < 4.78 is 5.27. The molecule has 0 aromatic heterocycles. The minimum Gasteiger partial charge on any atom is -0.494 e. The highest BCUT2D eigenvalue weighted by molar-refractivity contribution is 5.93. The maximum atomic E-state index is 11.2. The molecule has 15 heavy (non-hydrogen) atoms. The number of anilines is 1. The van der Waals surface area contributed by atoms with E-state index in [4.69, 9.17) is 9.84 Å². The summed E-state index contributed by atoms with van der Waals surface area (Å²) in [6.07, 6.45) is 0. The molecule has 4 nitrogen and oxygen atoms in total. The van der Waals surface area contributed by atoms with E-state index in [9.17, 15) is 4.79 Å². The van der Waals surface area contributed by atoms with E-state index in [1.807, 2.05) is 6.92 Å². The number of hydrogen-bond donors (Lipinski definition) is 1. The summed E-state index contributed by atoms with van der Waals surface area (Å²) in [4.78, 5) is 12.6. The fourth-order valence-electron chi connectivity index (χ4n) is 1.18. The van der Waals surface area contributed by atoms with Gasteiger partial charge in [0, 0.05) is 12.7 Å². The first-order valence-electron chi connectivity index (χ1n) is 4.79. The van der Waals surface area contributed by atoms with Crippen molar-refractivity contribution in [3.63, 3.8) is 0 Å². The summed E-state index contributed by atoms with van der Waals surface area (Å²) in [5.74, 6) is 0.435. The van der Waals surface area contributed by atoms with Crippen molar-refractivity contribution in [1.29, 1.82) is 0 Å². The SMILES string of the molecule is CCOc1ccc(N(C)C(=O)CO)cc1. The molecule has 0 heterocycles. The molecule has 1 aromatic carbocycles. The second-order valence-corrected chi connectivity index (χ2v) is 3.04. The molecule has 1 amide bonds. The first-order chi connectivity index (χ1) is 7.19. The van der Waals surface area contributed by atoms with Gasteiger partial charge in [0.2, 0.25) is 0 Å². The Morgan fingerprint density at radius 2 is 2.00 bits per heavy atom. The van der Waals surface area contributed by atoms with Crippen molar-refractivity contribution < 1.29 is 14.6 Å². The second-order valence-electron chi connectivity index (χ2n) is 3.04. The fourth-order valence-corrected chi connectivity index (χ4v) is 1.18. The zero-order valence-corrected chi connectivity index (χ0v) is 8.93. The van der Waals surface area contributed by atoms with Crippen molar-refractivity contribution in [3.05, 3.63) is 24.3 Å². The van der Waals surface area contributed by atoms with Crippen LogP contribution in [0.5, 0.6) is 5.75 Å². The van der Waals surface area contributed by atoms with Crippen LogP contribution in [-0.2, 0) is 4.79 Å². The number of hydrogen-bond acceptors (Lipinski definition) is 3. The highest BCUT2D eigenvalue weighted by Gasteiger charge is 2.08. The third-order valence-corrected chi connectivity index (χ3v) is 2.04. The number of ether oxygens (including phenoxy) is 1. The van der Waals surface area contributed by atoms with Gasteiger partial charge in [-0.3, -0.25) is 4.79 Å². The molecule has 0 radical (unpaired) electrons. The molecule has 82 valence electrons. The molecule has 0 atom stereocenters. The number of benzene rings is 1. The standard InChI is InChI=1S/C11H15NO3/c1-3-15-10-6-4-9(5-7-10)12(2)11(14)8-13/h4-7,13H,3,8H2,1-2H3. The minimum atomic E-state index is -0.482. The maximum absolute atomic E-state index is 11.2. The monoisotopic (exact) mass is 209 g/mol. The lowest BCUT2D eigenvalue weighted by Crippen LogP contribution is -2.28. The Hall–Kier alpha value is -1.55. The first-order valence-corrected chi connectivity index (χ1v) is 4.79. The summed E-state index contributed by atoms with van der Waals surface area (Å²) in [7, 11) is 1.62. The summed E-state index contributed by atoms with van der Waals surface area (Å²) in [5, 5.41) is 8.69. The lowest BCUT2D eigenvalue weighted by molar-refractivity contribution is -0.120. The first kappa shape index (κ1) is 11.5. The van der Waals surface area contributed by atoms with E-state index >= 15 is 0 Å². The molecule has 0 fully saturated rings. The number of aliphatic hydroxyl groups is 1. The molecule has 0 saturated carbocycles. The predicted molar refractivity (Wildman–Crippen MR) is 58.1 cm³/mol. The molecule has 1 rings (SSSR count). The van der Waals surface area contributed by atoms with Gasteiger partial charge in [-0.1, -0.05) is 0 Å². The molecular formula is C11H15NO3. The van der Waals surface area contributed by atoms with Crippen molar-refractivity contribution in [2.75, 3.05) is 25.2 Å². The van der Waals surface area contributed by atoms with Gasteiger partial charge in [0.15, 0.2) is 0 Å². The van der Waals surface area contributed by atoms with Crippen LogP contribution in [0.2, 0.25) is 0 Å². The lowest BCUT2D eigenvalue weighted by atomic mass is 10.3. The largest absolute Gasteiger partial charge is 0.494 e. The lowest BCUT2D eigenvalue weighted by Gasteiger charge is -2.16. The van der Waals surface area contributed by atoms with Gasteiger partial charge < -0.3 is 14.7 Å². The number of carbonyl (C=O) groups excluding carboxylic acids is 1. The maximum Gasteiger partial charge on any atom is 0.252 e. The van der Waals surface area contributed by atoms with Gasteiger partial charge in [0.1, 0.15) is 12.4 Å². The van der Waals surface area contributed by atoms with Gasteiger partial charge in [0.25, 0.3) is 5.91 Å². The van der Waals surface area contributed by atoms with Crippen molar-refractivity contribution in [3.8, 4) is 5.75 Å². The van der Waals surface area contributed by atoms with E-state index in [1.165, 1.54) is 4.90 Å². The van der Waals surface area contributed by atoms with Gasteiger partial charge in [0.05, 0.1) is 6.61 Å². The van der Waals surface area contributed by atoms with Crippen LogP contribution < -0.4 is 9.64 Å². The van der Waals surface area contributed by atoms with Crippen LogP contribution in [0, 0.1) is 0 Å². The third-order valence-electron chi connectivity index (χ3n) is 2.04. The topological polar surface area (TPSA) is 49.8 Å².